The highest BCUT2D eigenvalue weighted by atomic mass is 28.4. The molecule has 0 aliphatic rings. The fourth-order valence-corrected chi connectivity index (χ4v) is 11.8. The standard InChI is InChI=1S/C16H38OSi2/c1-7-9-11-13-15-19(6,17-18(3,4)5)16-14-12-10-8-2/h7-16H2,1-6H3. The molecule has 1 nitrogen and oxygen atoms in total. The maximum atomic E-state index is 6.66. The smallest absolute Gasteiger partial charge is 0.176 e. The first kappa shape index (κ1) is 19.4. The zero-order chi connectivity index (χ0) is 14.8. The van der Waals surface area contributed by atoms with Gasteiger partial charge in [0.15, 0.2) is 16.6 Å². The third-order valence-electron chi connectivity index (χ3n) is 3.67. The maximum Gasteiger partial charge on any atom is 0.176 e. The van der Waals surface area contributed by atoms with E-state index in [0.717, 1.165) is 0 Å². The summed E-state index contributed by atoms with van der Waals surface area (Å²) in [6.45, 7) is 14.2. The fraction of sp³-hybridized carbons (Fsp3) is 1.00. The second-order valence-corrected chi connectivity index (χ2v) is 16.2. The second kappa shape index (κ2) is 10.2. The molecule has 3 heteroatoms. The second-order valence-electron chi connectivity index (χ2n) is 7.29. The van der Waals surface area contributed by atoms with Crippen LogP contribution in [-0.4, -0.2) is 16.6 Å². The molecule has 0 heterocycles. The van der Waals surface area contributed by atoms with E-state index >= 15 is 0 Å². The molecule has 0 fully saturated rings. The molecule has 0 saturated carbocycles. The zero-order valence-corrected chi connectivity index (χ0v) is 16.5. The molecule has 0 radical (unpaired) electrons. The predicted octanol–water partition coefficient (Wildman–Crippen LogP) is 6.57. The lowest BCUT2D eigenvalue weighted by Gasteiger charge is -2.35. The summed E-state index contributed by atoms with van der Waals surface area (Å²) in [4.78, 5) is 0. The number of hydrogen-bond acceptors (Lipinski definition) is 1. The summed E-state index contributed by atoms with van der Waals surface area (Å²) in [6.07, 6.45) is 11.1. The van der Waals surface area contributed by atoms with E-state index in [2.05, 4.69) is 40.0 Å². The average molecular weight is 303 g/mol. The molecule has 19 heavy (non-hydrogen) atoms. The summed E-state index contributed by atoms with van der Waals surface area (Å²) < 4.78 is 6.66. The van der Waals surface area contributed by atoms with Gasteiger partial charge in [0.1, 0.15) is 0 Å². The van der Waals surface area contributed by atoms with Gasteiger partial charge in [-0.3, -0.25) is 0 Å². The minimum absolute atomic E-state index is 1.34. The highest BCUT2D eigenvalue weighted by molar-refractivity contribution is 6.84. The molecule has 0 N–H and O–H groups in total. The Kier molecular flexibility index (Phi) is 10.4. The van der Waals surface area contributed by atoms with Crippen LogP contribution in [0.5, 0.6) is 0 Å². The topological polar surface area (TPSA) is 9.23 Å². The van der Waals surface area contributed by atoms with Crippen LogP contribution in [0, 0.1) is 0 Å². The van der Waals surface area contributed by atoms with Crippen LogP contribution in [0.1, 0.15) is 65.2 Å². The molecule has 116 valence electrons. The van der Waals surface area contributed by atoms with E-state index in [4.69, 9.17) is 4.12 Å². The Hall–Kier alpha value is 0.394. The quantitative estimate of drug-likeness (QED) is 0.292. The molecular weight excluding hydrogens is 264 g/mol. The molecule has 0 aliphatic heterocycles. The molecule has 0 bridgehead atoms. The van der Waals surface area contributed by atoms with Crippen LogP contribution in [0.25, 0.3) is 0 Å². The first-order valence-corrected chi connectivity index (χ1v) is 14.8. The van der Waals surface area contributed by atoms with Crippen molar-refractivity contribution in [2.45, 2.75) is 103 Å². The van der Waals surface area contributed by atoms with Crippen molar-refractivity contribution in [1.82, 2.24) is 0 Å². The first-order valence-electron chi connectivity index (χ1n) is 8.53. The number of rotatable bonds is 12. The van der Waals surface area contributed by atoms with E-state index in [1.54, 1.807) is 0 Å². The lowest BCUT2D eigenvalue weighted by molar-refractivity contribution is 0.520. The monoisotopic (exact) mass is 302 g/mol. The van der Waals surface area contributed by atoms with E-state index in [1.165, 1.54) is 63.5 Å². The average Bonchev–Trinajstić information content (AvgIpc) is 2.28. The van der Waals surface area contributed by atoms with Crippen molar-refractivity contribution in [3.8, 4) is 0 Å². The van der Waals surface area contributed by atoms with E-state index in [-0.39, 0.29) is 0 Å². The third-order valence-corrected chi connectivity index (χ3v) is 10.9. The summed E-state index contributed by atoms with van der Waals surface area (Å²) in [5.74, 6) is 0. The fourth-order valence-electron chi connectivity index (χ4n) is 2.82. The maximum absolute atomic E-state index is 6.66. The highest BCUT2D eigenvalue weighted by Crippen LogP contribution is 2.27. The summed E-state index contributed by atoms with van der Waals surface area (Å²) in [6, 6.07) is 2.78. The van der Waals surface area contributed by atoms with Gasteiger partial charge < -0.3 is 4.12 Å². The summed E-state index contributed by atoms with van der Waals surface area (Å²) >= 11 is 0. The zero-order valence-electron chi connectivity index (χ0n) is 14.5. The SMILES string of the molecule is CCCCCC[Si](C)(CCCCCC)O[Si](C)(C)C. The van der Waals surface area contributed by atoms with Crippen molar-refractivity contribution < 1.29 is 4.12 Å². The molecule has 0 atom stereocenters. The molecule has 0 unspecified atom stereocenters. The van der Waals surface area contributed by atoms with Gasteiger partial charge >= 0.3 is 0 Å². The lowest BCUT2D eigenvalue weighted by atomic mass is 10.2. The molecule has 0 aliphatic carbocycles. The molecule has 0 aromatic heterocycles. The highest BCUT2D eigenvalue weighted by Gasteiger charge is 2.33. The minimum atomic E-state index is -1.42. The Balaban J connectivity index is 4.19. The predicted molar refractivity (Wildman–Crippen MR) is 93.9 cm³/mol. The number of unbranched alkanes of at least 4 members (excludes halogenated alkanes) is 6. The van der Waals surface area contributed by atoms with Crippen molar-refractivity contribution in [2.75, 3.05) is 0 Å². The van der Waals surface area contributed by atoms with Gasteiger partial charge in [-0.2, -0.15) is 0 Å². The Morgan fingerprint density at radius 3 is 1.37 bits per heavy atom. The van der Waals surface area contributed by atoms with Crippen LogP contribution in [0.15, 0.2) is 0 Å². The lowest BCUT2D eigenvalue weighted by Crippen LogP contribution is -2.44. The van der Waals surface area contributed by atoms with Gasteiger partial charge in [-0.1, -0.05) is 65.2 Å². The summed E-state index contributed by atoms with van der Waals surface area (Å²) in [5.41, 5.74) is 0. The largest absolute Gasteiger partial charge is 0.456 e. The van der Waals surface area contributed by atoms with Crippen molar-refractivity contribution in [3.05, 3.63) is 0 Å². The Morgan fingerprint density at radius 2 is 1.05 bits per heavy atom. The summed E-state index contributed by atoms with van der Waals surface area (Å²) in [5, 5.41) is 0. The van der Waals surface area contributed by atoms with Gasteiger partial charge in [-0.25, -0.2) is 0 Å². The van der Waals surface area contributed by atoms with E-state index in [1.807, 2.05) is 0 Å². The van der Waals surface area contributed by atoms with E-state index in [9.17, 15) is 0 Å². The minimum Gasteiger partial charge on any atom is -0.456 e. The van der Waals surface area contributed by atoms with E-state index < -0.39 is 16.6 Å². The molecule has 0 spiro atoms. The van der Waals surface area contributed by atoms with Crippen LogP contribution in [0.4, 0.5) is 0 Å². The van der Waals surface area contributed by atoms with Gasteiger partial charge in [0.25, 0.3) is 0 Å². The molecule has 0 rings (SSSR count). The molecule has 0 aromatic carbocycles. The third kappa shape index (κ3) is 11.9. The van der Waals surface area contributed by atoms with Crippen molar-refractivity contribution in [2.24, 2.45) is 0 Å². The van der Waals surface area contributed by atoms with Gasteiger partial charge in [-0.15, -0.1) is 0 Å². The van der Waals surface area contributed by atoms with Gasteiger partial charge in [0.2, 0.25) is 0 Å². The van der Waals surface area contributed by atoms with Gasteiger partial charge in [0.05, 0.1) is 0 Å². The van der Waals surface area contributed by atoms with Crippen molar-refractivity contribution in [1.29, 1.82) is 0 Å². The van der Waals surface area contributed by atoms with E-state index in [0.29, 0.717) is 0 Å². The molecular formula is C16H38OSi2. The molecule has 0 saturated heterocycles. The van der Waals surface area contributed by atoms with Gasteiger partial charge in [-0.05, 0) is 38.3 Å². The Morgan fingerprint density at radius 1 is 0.632 bits per heavy atom. The first-order chi connectivity index (χ1) is 8.83. The Labute approximate surface area is 124 Å². The van der Waals surface area contributed by atoms with Crippen LogP contribution in [0.2, 0.25) is 38.3 Å². The van der Waals surface area contributed by atoms with Crippen molar-refractivity contribution >= 4 is 16.6 Å². The molecule has 0 aromatic rings. The number of hydrogen-bond donors (Lipinski definition) is 0. The van der Waals surface area contributed by atoms with Crippen LogP contribution in [0.3, 0.4) is 0 Å². The molecule has 0 amide bonds. The van der Waals surface area contributed by atoms with Crippen LogP contribution >= 0.6 is 0 Å². The summed E-state index contributed by atoms with van der Waals surface area (Å²) in [7, 11) is -2.79. The normalized spacial score (nSPS) is 12.9. The Bertz CT molecular complexity index is 199. The van der Waals surface area contributed by atoms with Crippen molar-refractivity contribution in [3.63, 3.8) is 0 Å². The van der Waals surface area contributed by atoms with Gasteiger partial charge in [0, 0.05) is 0 Å². The van der Waals surface area contributed by atoms with Crippen LogP contribution in [-0.2, 0) is 4.12 Å². The van der Waals surface area contributed by atoms with Crippen LogP contribution < -0.4 is 0 Å².